The molecule has 0 fully saturated rings. The minimum atomic E-state index is -3.72. The predicted octanol–water partition coefficient (Wildman–Crippen LogP) is 2.52. The van der Waals surface area contributed by atoms with Gasteiger partial charge < -0.3 is 4.98 Å². The van der Waals surface area contributed by atoms with Gasteiger partial charge in [0.2, 0.25) is 0 Å². The topological polar surface area (TPSA) is 74.8 Å². The smallest absolute Gasteiger partial charge is 0.279 e. The first-order valence-corrected chi connectivity index (χ1v) is 6.70. The van der Waals surface area contributed by atoms with Gasteiger partial charge in [-0.3, -0.25) is 4.72 Å². The molecule has 2 rings (SSSR count). The summed E-state index contributed by atoms with van der Waals surface area (Å²) in [7, 11) is -3.72. The zero-order valence-corrected chi connectivity index (χ0v) is 10.6. The molecule has 0 saturated carbocycles. The first-order valence-electron chi connectivity index (χ1n) is 4.46. The second-order valence-electron chi connectivity index (χ2n) is 3.12. The SMILES string of the molecule is O=S(=O)(Nc1cccc(Cl)c1Cl)c1cnc[nH]1. The van der Waals surface area contributed by atoms with Crippen LogP contribution in [0.1, 0.15) is 0 Å². The first kappa shape index (κ1) is 12.2. The number of aromatic amines is 1. The number of sulfonamides is 1. The van der Waals surface area contributed by atoms with Crippen LogP contribution in [0, 0.1) is 0 Å². The van der Waals surface area contributed by atoms with Gasteiger partial charge in [0, 0.05) is 0 Å². The monoisotopic (exact) mass is 291 g/mol. The number of nitrogens with zero attached hydrogens (tertiary/aromatic N) is 1. The molecule has 0 atom stereocenters. The van der Waals surface area contributed by atoms with Crippen molar-refractivity contribution in [2.75, 3.05) is 4.72 Å². The number of halogens is 2. The van der Waals surface area contributed by atoms with E-state index in [1.54, 1.807) is 12.1 Å². The molecule has 0 saturated heterocycles. The largest absolute Gasteiger partial charge is 0.334 e. The van der Waals surface area contributed by atoms with Crippen LogP contribution in [0.2, 0.25) is 10.0 Å². The van der Waals surface area contributed by atoms with Crippen LogP contribution in [0.3, 0.4) is 0 Å². The molecule has 0 spiro atoms. The summed E-state index contributed by atoms with van der Waals surface area (Å²) in [5, 5.41) is 0.377. The summed E-state index contributed by atoms with van der Waals surface area (Å²) in [6.45, 7) is 0. The molecule has 2 aromatic rings. The van der Waals surface area contributed by atoms with Crippen LogP contribution in [0.5, 0.6) is 0 Å². The number of imidazole rings is 1. The van der Waals surface area contributed by atoms with Crippen LogP contribution in [-0.2, 0) is 10.0 Å². The number of anilines is 1. The van der Waals surface area contributed by atoms with Gasteiger partial charge in [-0.1, -0.05) is 29.3 Å². The van der Waals surface area contributed by atoms with Gasteiger partial charge in [-0.25, -0.2) is 4.98 Å². The van der Waals surface area contributed by atoms with Gasteiger partial charge in [0.05, 0.1) is 28.3 Å². The summed E-state index contributed by atoms with van der Waals surface area (Å²) in [4.78, 5) is 6.13. The molecule has 5 nitrogen and oxygen atoms in total. The minimum Gasteiger partial charge on any atom is -0.334 e. The van der Waals surface area contributed by atoms with Crippen LogP contribution < -0.4 is 4.72 Å². The normalized spacial score (nSPS) is 11.4. The summed E-state index contributed by atoms with van der Waals surface area (Å²) in [5.41, 5.74) is 0.216. The van der Waals surface area contributed by atoms with Gasteiger partial charge >= 0.3 is 0 Å². The third-order valence-electron chi connectivity index (χ3n) is 1.96. The number of H-pyrrole nitrogens is 1. The highest BCUT2D eigenvalue weighted by atomic mass is 35.5. The van der Waals surface area contributed by atoms with E-state index in [0.29, 0.717) is 0 Å². The van der Waals surface area contributed by atoms with Crippen LogP contribution >= 0.6 is 23.2 Å². The lowest BCUT2D eigenvalue weighted by molar-refractivity contribution is 0.598. The molecule has 0 aliphatic carbocycles. The Kier molecular flexibility index (Phi) is 3.28. The Bertz CT molecular complexity index is 626. The molecule has 1 heterocycles. The lowest BCUT2D eigenvalue weighted by atomic mass is 10.3. The van der Waals surface area contributed by atoms with Crippen LogP contribution in [0.15, 0.2) is 35.7 Å². The van der Waals surface area contributed by atoms with Gasteiger partial charge in [-0.15, -0.1) is 0 Å². The Hall–Kier alpha value is -1.24. The summed E-state index contributed by atoms with van der Waals surface area (Å²) >= 11 is 11.7. The molecule has 17 heavy (non-hydrogen) atoms. The van der Waals surface area contributed by atoms with E-state index in [-0.39, 0.29) is 20.8 Å². The molecule has 90 valence electrons. The van der Waals surface area contributed by atoms with Gasteiger partial charge in [-0.2, -0.15) is 8.42 Å². The van der Waals surface area contributed by atoms with Crippen LogP contribution in [0.4, 0.5) is 5.69 Å². The molecule has 8 heteroatoms. The van der Waals surface area contributed by atoms with Crippen LogP contribution in [0.25, 0.3) is 0 Å². The number of hydrogen-bond donors (Lipinski definition) is 2. The van der Waals surface area contributed by atoms with Crippen molar-refractivity contribution in [1.29, 1.82) is 0 Å². The second-order valence-corrected chi connectivity index (χ2v) is 5.56. The van der Waals surface area contributed by atoms with E-state index in [1.807, 2.05) is 0 Å². The third kappa shape index (κ3) is 2.54. The number of aromatic nitrogens is 2. The zero-order valence-electron chi connectivity index (χ0n) is 8.31. The molecule has 0 amide bonds. The van der Waals surface area contributed by atoms with Crippen molar-refractivity contribution < 1.29 is 8.42 Å². The second kappa shape index (κ2) is 4.56. The predicted molar refractivity (Wildman–Crippen MR) is 65.9 cm³/mol. The fraction of sp³-hybridized carbons (Fsp3) is 0. The Balaban J connectivity index is 2.37. The van der Waals surface area contributed by atoms with Gasteiger partial charge in [0.15, 0.2) is 5.03 Å². The van der Waals surface area contributed by atoms with Crippen molar-refractivity contribution in [2.24, 2.45) is 0 Å². The number of hydrogen-bond acceptors (Lipinski definition) is 3. The van der Waals surface area contributed by atoms with Crippen molar-refractivity contribution in [3.05, 3.63) is 40.8 Å². The van der Waals surface area contributed by atoms with E-state index in [0.717, 1.165) is 0 Å². The maximum absolute atomic E-state index is 11.8. The van der Waals surface area contributed by atoms with E-state index in [1.165, 1.54) is 18.6 Å². The minimum absolute atomic E-state index is 0.0476. The number of nitrogens with one attached hydrogen (secondary N) is 2. The summed E-state index contributed by atoms with van der Waals surface area (Å²) in [5.74, 6) is 0. The van der Waals surface area contributed by atoms with Crippen molar-refractivity contribution in [1.82, 2.24) is 9.97 Å². The average molecular weight is 292 g/mol. The molecular formula is C9H7Cl2N3O2S. The average Bonchev–Trinajstić information content (AvgIpc) is 2.78. The highest BCUT2D eigenvalue weighted by Crippen LogP contribution is 2.30. The highest BCUT2D eigenvalue weighted by Gasteiger charge is 2.17. The fourth-order valence-electron chi connectivity index (χ4n) is 1.17. The molecule has 0 aliphatic rings. The standard InChI is InChI=1S/C9H7Cl2N3O2S/c10-6-2-1-3-7(9(6)11)14-17(15,16)8-4-12-5-13-8/h1-5,14H,(H,12,13). The summed E-state index contributed by atoms with van der Waals surface area (Å²) in [6.07, 6.45) is 2.47. The molecule has 0 aliphatic heterocycles. The number of benzene rings is 1. The zero-order chi connectivity index (χ0) is 12.5. The Morgan fingerprint density at radius 2 is 2.06 bits per heavy atom. The van der Waals surface area contributed by atoms with E-state index >= 15 is 0 Å². The Morgan fingerprint density at radius 1 is 1.29 bits per heavy atom. The van der Waals surface area contributed by atoms with Gasteiger partial charge in [0.25, 0.3) is 10.0 Å². The maximum atomic E-state index is 11.8. The molecule has 2 N–H and O–H groups in total. The van der Waals surface area contributed by atoms with Gasteiger partial charge in [0.1, 0.15) is 0 Å². The van der Waals surface area contributed by atoms with E-state index in [4.69, 9.17) is 23.2 Å². The highest BCUT2D eigenvalue weighted by molar-refractivity contribution is 7.92. The van der Waals surface area contributed by atoms with Crippen LogP contribution in [-0.4, -0.2) is 18.4 Å². The van der Waals surface area contributed by atoms with Crippen molar-refractivity contribution in [3.63, 3.8) is 0 Å². The molecule has 1 aromatic heterocycles. The summed E-state index contributed by atoms with van der Waals surface area (Å²) in [6, 6.07) is 4.68. The fourth-order valence-corrected chi connectivity index (χ4v) is 2.55. The van der Waals surface area contributed by atoms with Crippen molar-refractivity contribution in [3.8, 4) is 0 Å². The molecular weight excluding hydrogens is 285 g/mol. The molecule has 1 aromatic carbocycles. The van der Waals surface area contributed by atoms with E-state index in [2.05, 4.69) is 14.7 Å². The van der Waals surface area contributed by atoms with Crippen molar-refractivity contribution in [2.45, 2.75) is 5.03 Å². The quantitative estimate of drug-likeness (QED) is 0.912. The van der Waals surface area contributed by atoms with Gasteiger partial charge in [-0.05, 0) is 12.1 Å². The lowest BCUT2D eigenvalue weighted by Crippen LogP contribution is -2.13. The Morgan fingerprint density at radius 3 is 2.71 bits per heavy atom. The molecule has 0 unspecified atom stereocenters. The molecule has 0 bridgehead atoms. The first-order chi connectivity index (χ1) is 8.00. The maximum Gasteiger partial charge on any atom is 0.279 e. The van der Waals surface area contributed by atoms with E-state index < -0.39 is 10.0 Å². The lowest BCUT2D eigenvalue weighted by Gasteiger charge is -2.08. The third-order valence-corrected chi connectivity index (χ3v) is 4.07. The van der Waals surface area contributed by atoms with E-state index in [9.17, 15) is 8.42 Å². The van der Waals surface area contributed by atoms with Crippen molar-refractivity contribution >= 4 is 38.9 Å². The molecule has 0 radical (unpaired) electrons. The number of rotatable bonds is 3. The summed E-state index contributed by atoms with van der Waals surface area (Å²) < 4.78 is 26.0. The Labute approximate surface area is 108 Å².